The van der Waals surface area contributed by atoms with Gasteiger partial charge < -0.3 is 9.30 Å². The number of nitrogens with zero attached hydrogens (tertiary/aromatic N) is 2. The Morgan fingerprint density at radius 1 is 1.29 bits per heavy atom. The number of rotatable bonds is 4. The number of hydrogen-bond donors (Lipinski definition) is 0. The molecular formula is C18H17BrN2O2S. The lowest BCUT2D eigenvalue weighted by Gasteiger charge is -2.03. The van der Waals surface area contributed by atoms with Gasteiger partial charge in [0, 0.05) is 16.6 Å². The maximum atomic E-state index is 12.5. The summed E-state index contributed by atoms with van der Waals surface area (Å²) in [6, 6.07) is 13.2. The van der Waals surface area contributed by atoms with E-state index in [9.17, 15) is 4.79 Å². The van der Waals surface area contributed by atoms with Crippen molar-refractivity contribution in [3.05, 3.63) is 57.3 Å². The number of hydrogen-bond acceptors (Lipinski definition) is 3. The van der Waals surface area contributed by atoms with Crippen LogP contribution in [0.5, 0.6) is 5.75 Å². The summed E-state index contributed by atoms with van der Waals surface area (Å²) < 4.78 is 9.40. The van der Waals surface area contributed by atoms with Gasteiger partial charge in [-0.15, -0.1) is 0 Å². The van der Waals surface area contributed by atoms with Crippen LogP contribution >= 0.6 is 27.3 Å². The largest absolute Gasteiger partial charge is 0.497 e. The topological polar surface area (TPSA) is 43.6 Å². The highest BCUT2D eigenvalue weighted by molar-refractivity contribution is 9.10. The smallest absolute Gasteiger partial charge is 0.279 e. The molecule has 0 unspecified atom stereocenters. The molecule has 0 radical (unpaired) electrons. The van der Waals surface area contributed by atoms with E-state index < -0.39 is 0 Å². The quantitative estimate of drug-likeness (QED) is 0.636. The maximum absolute atomic E-state index is 12.5. The monoisotopic (exact) mass is 404 g/mol. The molecule has 0 aliphatic rings. The van der Waals surface area contributed by atoms with Crippen molar-refractivity contribution < 1.29 is 9.53 Å². The molecule has 0 bridgehead atoms. The SMILES string of the molecule is CCCn1c(=NC(=O)c2cccc(OC)c2)sc2cc(Br)ccc21. The molecule has 0 atom stereocenters. The maximum Gasteiger partial charge on any atom is 0.279 e. The van der Waals surface area contributed by atoms with Gasteiger partial charge in [0.2, 0.25) is 0 Å². The van der Waals surface area contributed by atoms with E-state index in [4.69, 9.17) is 4.74 Å². The standard InChI is InChI=1S/C18H17BrN2O2S/c1-3-9-21-15-8-7-13(19)11-16(15)24-18(21)20-17(22)12-5-4-6-14(10-12)23-2/h4-8,10-11H,3,9H2,1-2H3. The van der Waals surface area contributed by atoms with Crippen molar-refractivity contribution in [2.24, 2.45) is 4.99 Å². The minimum absolute atomic E-state index is 0.260. The van der Waals surface area contributed by atoms with Gasteiger partial charge in [0.15, 0.2) is 4.80 Å². The number of amides is 1. The number of benzene rings is 2. The van der Waals surface area contributed by atoms with Gasteiger partial charge in [0.05, 0.1) is 17.3 Å². The van der Waals surface area contributed by atoms with E-state index in [-0.39, 0.29) is 5.91 Å². The number of halogens is 1. The predicted molar refractivity (Wildman–Crippen MR) is 101 cm³/mol. The van der Waals surface area contributed by atoms with Crippen molar-refractivity contribution in [1.29, 1.82) is 0 Å². The van der Waals surface area contributed by atoms with Crippen molar-refractivity contribution in [1.82, 2.24) is 4.57 Å². The van der Waals surface area contributed by atoms with Crippen LogP contribution in [0.3, 0.4) is 0 Å². The first-order chi connectivity index (χ1) is 11.6. The predicted octanol–water partition coefficient (Wildman–Crippen LogP) is 4.63. The van der Waals surface area contributed by atoms with Crippen LogP contribution in [-0.2, 0) is 6.54 Å². The fraction of sp³-hybridized carbons (Fsp3) is 0.222. The van der Waals surface area contributed by atoms with Crippen molar-refractivity contribution in [2.75, 3.05) is 7.11 Å². The van der Waals surface area contributed by atoms with Gasteiger partial charge >= 0.3 is 0 Å². The Morgan fingerprint density at radius 2 is 2.12 bits per heavy atom. The highest BCUT2D eigenvalue weighted by atomic mass is 79.9. The lowest BCUT2D eigenvalue weighted by Crippen LogP contribution is -2.16. The van der Waals surface area contributed by atoms with E-state index in [0.717, 1.165) is 32.5 Å². The van der Waals surface area contributed by atoms with Crippen LogP contribution < -0.4 is 9.54 Å². The molecule has 3 aromatic rings. The van der Waals surface area contributed by atoms with Gasteiger partial charge in [0.25, 0.3) is 5.91 Å². The zero-order valence-corrected chi connectivity index (χ0v) is 15.9. The van der Waals surface area contributed by atoms with Crippen molar-refractivity contribution in [2.45, 2.75) is 19.9 Å². The minimum atomic E-state index is -0.260. The second-order valence-corrected chi connectivity index (χ2v) is 7.22. The summed E-state index contributed by atoms with van der Waals surface area (Å²) in [5.41, 5.74) is 1.62. The molecule has 0 aliphatic heterocycles. The molecule has 0 aliphatic carbocycles. The number of aryl methyl sites for hydroxylation is 1. The van der Waals surface area contributed by atoms with E-state index in [1.54, 1.807) is 25.3 Å². The van der Waals surface area contributed by atoms with Gasteiger partial charge in [-0.3, -0.25) is 4.79 Å². The van der Waals surface area contributed by atoms with Crippen LogP contribution in [0.2, 0.25) is 0 Å². The summed E-state index contributed by atoms with van der Waals surface area (Å²) in [5, 5.41) is 0. The Kier molecular flexibility index (Phi) is 5.16. The molecule has 24 heavy (non-hydrogen) atoms. The van der Waals surface area contributed by atoms with Crippen LogP contribution in [0, 0.1) is 0 Å². The summed E-state index contributed by atoms with van der Waals surface area (Å²) in [5.74, 6) is 0.391. The molecule has 0 N–H and O–H groups in total. The Labute approximate surface area is 152 Å². The molecule has 4 nitrogen and oxygen atoms in total. The van der Waals surface area contributed by atoms with Crippen molar-refractivity contribution in [3.8, 4) is 5.75 Å². The lowest BCUT2D eigenvalue weighted by molar-refractivity contribution is 0.0997. The molecule has 6 heteroatoms. The van der Waals surface area contributed by atoms with Gasteiger partial charge in [-0.25, -0.2) is 0 Å². The molecule has 124 valence electrons. The summed E-state index contributed by atoms with van der Waals surface area (Å²) >= 11 is 5.02. The molecule has 0 saturated heterocycles. The number of aromatic nitrogens is 1. The minimum Gasteiger partial charge on any atom is -0.497 e. The average Bonchev–Trinajstić information content (AvgIpc) is 2.91. The number of thiazole rings is 1. The molecule has 0 fully saturated rings. The number of methoxy groups -OCH3 is 1. The van der Waals surface area contributed by atoms with Crippen LogP contribution in [0.25, 0.3) is 10.2 Å². The molecule has 3 rings (SSSR count). The fourth-order valence-corrected chi connectivity index (χ4v) is 4.09. The second kappa shape index (κ2) is 7.32. The Bertz CT molecular complexity index is 959. The zero-order valence-electron chi connectivity index (χ0n) is 13.5. The zero-order chi connectivity index (χ0) is 17.1. The lowest BCUT2D eigenvalue weighted by atomic mass is 10.2. The summed E-state index contributed by atoms with van der Waals surface area (Å²) in [4.78, 5) is 17.6. The van der Waals surface area contributed by atoms with Gasteiger partial charge in [0.1, 0.15) is 5.75 Å². The van der Waals surface area contributed by atoms with E-state index in [2.05, 4.69) is 44.5 Å². The van der Waals surface area contributed by atoms with E-state index >= 15 is 0 Å². The summed E-state index contributed by atoms with van der Waals surface area (Å²) in [6.45, 7) is 2.94. The first-order valence-corrected chi connectivity index (χ1v) is 9.25. The second-order valence-electron chi connectivity index (χ2n) is 5.30. The molecule has 2 aromatic carbocycles. The normalized spacial score (nSPS) is 11.9. The number of carbonyl (C=O) groups is 1. The molecule has 1 heterocycles. The van der Waals surface area contributed by atoms with E-state index in [1.807, 2.05) is 12.1 Å². The summed E-state index contributed by atoms with van der Waals surface area (Å²) in [6.07, 6.45) is 0.975. The average molecular weight is 405 g/mol. The number of fused-ring (bicyclic) bond motifs is 1. The molecule has 1 aromatic heterocycles. The van der Waals surface area contributed by atoms with Gasteiger partial charge in [-0.05, 0) is 42.8 Å². The fourth-order valence-electron chi connectivity index (χ4n) is 2.48. The first-order valence-electron chi connectivity index (χ1n) is 7.64. The van der Waals surface area contributed by atoms with Gasteiger partial charge in [-0.1, -0.05) is 40.3 Å². The number of carbonyl (C=O) groups excluding carboxylic acids is 1. The van der Waals surface area contributed by atoms with Crippen LogP contribution in [-0.4, -0.2) is 17.6 Å². The summed E-state index contributed by atoms with van der Waals surface area (Å²) in [7, 11) is 1.58. The van der Waals surface area contributed by atoms with Crippen LogP contribution in [0.1, 0.15) is 23.7 Å². The first kappa shape index (κ1) is 16.9. The third-order valence-corrected chi connectivity index (χ3v) is 5.14. The van der Waals surface area contributed by atoms with Crippen molar-refractivity contribution >= 4 is 43.4 Å². The Balaban J connectivity index is 2.11. The van der Waals surface area contributed by atoms with Gasteiger partial charge in [-0.2, -0.15) is 4.99 Å². The Morgan fingerprint density at radius 3 is 2.88 bits per heavy atom. The third kappa shape index (κ3) is 3.44. The molecular weight excluding hydrogens is 388 g/mol. The van der Waals surface area contributed by atoms with Crippen LogP contribution in [0.4, 0.5) is 0 Å². The number of ether oxygens (including phenoxy) is 1. The third-order valence-electron chi connectivity index (χ3n) is 3.61. The Hall–Kier alpha value is -1.92. The highest BCUT2D eigenvalue weighted by Gasteiger charge is 2.10. The van der Waals surface area contributed by atoms with E-state index in [1.165, 1.54) is 11.3 Å². The van der Waals surface area contributed by atoms with Crippen molar-refractivity contribution in [3.63, 3.8) is 0 Å². The molecule has 0 spiro atoms. The van der Waals surface area contributed by atoms with E-state index in [0.29, 0.717) is 11.3 Å². The highest BCUT2D eigenvalue weighted by Crippen LogP contribution is 2.22. The molecule has 1 amide bonds. The van der Waals surface area contributed by atoms with Crippen LogP contribution in [0.15, 0.2) is 51.9 Å². The molecule has 0 saturated carbocycles.